The molecule has 1 amide bonds. The van der Waals surface area contributed by atoms with Gasteiger partial charge in [0.1, 0.15) is 5.82 Å². The minimum Gasteiger partial charge on any atom is -0.465 e. The Morgan fingerprint density at radius 3 is 2.59 bits per heavy atom. The van der Waals surface area contributed by atoms with Gasteiger partial charge in [0.25, 0.3) is 5.91 Å². The third-order valence-corrected chi connectivity index (χ3v) is 4.69. The van der Waals surface area contributed by atoms with Gasteiger partial charge in [-0.3, -0.25) is 4.79 Å². The fourth-order valence-electron chi connectivity index (χ4n) is 3.36. The molecule has 0 spiro atoms. The average Bonchev–Trinajstić information content (AvgIpc) is 3.30. The van der Waals surface area contributed by atoms with Crippen LogP contribution in [0.4, 0.5) is 5.82 Å². The Morgan fingerprint density at radius 2 is 1.81 bits per heavy atom. The first-order valence-electron chi connectivity index (χ1n) is 8.83. The second-order valence-electron chi connectivity index (χ2n) is 6.40. The lowest BCUT2D eigenvalue weighted by molar-refractivity contribution is 0.0600. The van der Waals surface area contributed by atoms with Gasteiger partial charge >= 0.3 is 5.97 Å². The molecule has 1 heterocycles. The average molecular weight is 361 g/mol. The van der Waals surface area contributed by atoms with E-state index in [1.165, 1.54) is 13.2 Å². The molecule has 1 aromatic heterocycles. The number of esters is 1. The fraction of sp³-hybridized carbons (Fsp3) is 0.190. The van der Waals surface area contributed by atoms with Crippen molar-refractivity contribution in [3.05, 3.63) is 77.0 Å². The molecule has 1 N–H and O–H groups in total. The maximum atomic E-state index is 12.9. The van der Waals surface area contributed by atoms with Gasteiger partial charge in [-0.05, 0) is 49.6 Å². The third kappa shape index (κ3) is 3.21. The van der Waals surface area contributed by atoms with Crippen LogP contribution in [-0.4, -0.2) is 28.8 Å². The van der Waals surface area contributed by atoms with Gasteiger partial charge in [0.2, 0.25) is 0 Å². The molecule has 0 atom stereocenters. The summed E-state index contributed by atoms with van der Waals surface area (Å²) in [5.41, 5.74) is 3.73. The number of nitrogens with zero attached hydrogens (tertiary/aromatic N) is 2. The van der Waals surface area contributed by atoms with Gasteiger partial charge in [0.05, 0.1) is 24.1 Å². The molecule has 0 saturated heterocycles. The van der Waals surface area contributed by atoms with Gasteiger partial charge < -0.3 is 10.1 Å². The van der Waals surface area contributed by atoms with Gasteiger partial charge in [0.15, 0.2) is 0 Å². The first-order chi connectivity index (χ1) is 13.2. The summed E-state index contributed by atoms with van der Waals surface area (Å²) in [6, 6.07) is 16.2. The number of carbonyl (C=O) groups excluding carboxylic acids is 2. The van der Waals surface area contributed by atoms with Gasteiger partial charge in [-0.1, -0.05) is 24.3 Å². The molecule has 1 aliphatic carbocycles. The number of fused-ring (bicyclic) bond motifs is 1. The molecule has 1 aliphatic rings. The molecule has 6 nitrogen and oxygen atoms in total. The summed E-state index contributed by atoms with van der Waals surface area (Å²) in [6.07, 6.45) is 2.84. The van der Waals surface area contributed by atoms with Gasteiger partial charge in [-0.25, -0.2) is 9.48 Å². The van der Waals surface area contributed by atoms with Crippen molar-refractivity contribution < 1.29 is 14.3 Å². The first-order valence-corrected chi connectivity index (χ1v) is 8.83. The summed E-state index contributed by atoms with van der Waals surface area (Å²) in [7, 11) is 1.32. The molecule has 0 radical (unpaired) electrons. The van der Waals surface area contributed by atoms with Crippen molar-refractivity contribution in [2.75, 3.05) is 12.4 Å². The quantitative estimate of drug-likeness (QED) is 0.723. The number of benzene rings is 2. The van der Waals surface area contributed by atoms with Crippen LogP contribution in [0.15, 0.2) is 54.6 Å². The van der Waals surface area contributed by atoms with Crippen LogP contribution in [0.3, 0.4) is 0 Å². The Morgan fingerprint density at radius 1 is 1.04 bits per heavy atom. The maximum absolute atomic E-state index is 12.9. The summed E-state index contributed by atoms with van der Waals surface area (Å²) in [5, 5.41) is 7.69. The number of methoxy groups -OCH3 is 1. The number of ether oxygens (including phenoxy) is 1. The summed E-state index contributed by atoms with van der Waals surface area (Å²) in [5.74, 6) is -0.0606. The van der Waals surface area contributed by atoms with Crippen LogP contribution in [-0.2, 0) is 17.6 Å². The van der Waals surface area contributed by atoms with Gasteiger partial charge in [0, 0.05) is 11.1 Å². The molecule has 27 heavy (non-hydrogen) atoms. The molecule has 2 aromatic carbocycles. The van der Waals surface area contributed by atoms with Crippen LogP contribution in [0.1, 0.15) is 38.4 Å². The Bertz CT molecular complexity index is 1010. The number of aromatic nitrogens is 2. The molecule has 136 valence electrons. The standard InChI is InChI=1S/C21H19N3O3/c1-27-21(26)15-8-5-7-14(13-15)20(25)22-19-17-11-6-12-18(17)23-24(19)16-9-3-2-4-10-16/h2-5,7-10,13H,6,11-12H2,1H3,(H,22,25). The van der Waals surface area contributed by atoms with Crippen molar-refractivity contribution in [1.82, 2.24) is 9.78 Å². The van der Waals surface area contributed by atoms with Crippen molar-refractivity contribution in [1.29, 1.82) is 0 Å². The Hall–Kier alpha value is -3.41. The zero-order valence-electron chi connectivity index (χ0n) is 14.9. The van der Waals surface area contributed by atoms with E-state index in [4.69, 9.17) is 9.84 Å². The smallest absolute Gasteiger partial charge is 0.337 e. The van der Waals surface area contributed by atoms with Gasteiger partial charge in [-0.2, -0.15) is 5.10 Å². The minimum absolute atomic E-state index is 0.285. The van der Waals surface area contributed by atoms with E-state index in [0.29, 0.717) is 16.9 Å². The molecule has 4 rings (SSSR count). The second-order valence-corrected chi connectivity index (χ2v) is 6.40. The van der Waals surface area contributed by atoms with Crippen molar-refractivity contribution >= 4 is 17.7 Å². The van der Waals surface area contributed by atoms with Crippen LogP contribution >= 0.6 is 0 Å². The molecule has 0 saturated carbocycles. The lowest BCUT2D eigenvalue weighted by atomic mass is 10.1. The number of anilines is 1. The van der Waals surface area contributed by atoms with Crippen molar-refractivity contribution in [3.63, 3.8) is 0 Å². The molecule has 0 fully saturated rings. The number of carbonyl (C=O) groups is 2. The van der Waals surface area contributed by atoms with Crippen LogP contribution in [0, 0.1) is 0 Å². The molecule has 0 aliphatic heterocycles. The van der Waals surface area contributed by atoms with E-state index >= 15 is 0 Å². The highest BCUT2D eigenvalue weighted by Crippen LogP contribution is 2.31. The van der Waals surface area contributed by atoms with Crippen molar-refractivity contribution in [2.24, 2.45) is 0 Å². The normalized spacial score (nSPS) is 12.5. The zero-order chi connectivity index (χ0) is 18.8. The van der Waals surface area contributed by atoms with E-state index in [9.17, 15) is 9.59 Å². The van der Waals surface area contributed by atoms with Crippen molar-refractivity contribution in [2.45, 2.75) is 19.3 Å². The monoisotopic (exact) mass is 361 g/mol. The predicted molar refractivity (Wildman–Crippen MR) is 101 cm³/mol. The number of hydrogen-bond acceptors (Lipinski definition) is 4. The first kappa shape index (κ1) is 17.0. The molecule has 0 bridgehead atoms. The number of nitrogens with one attached hydrogen (secondary N) is 1. The number of hydrogen-bond donors (Lipinski definition) is 1. The molecule has 6 heteroatoms. The predicted octanol–water partition coefficient (Wildman–Crippen LogP) is 3.40. The van der Waals surface area contributed by atoms with Crippen molar-refractivity contribution in [3.8, 4) is 5.69 Å². The fourth-order valence-corrected chi connectivity index (χ4v) is 3.36. The van der Waals surface area contributed by atoms with Crippen LogP contribution in [0.25, 0.3) is 5.69 Å². The summed E-state index contributed by atoms with van der Waals surface area (Å²) in [6.45, 7) is 0. The van der Waals surface area contributed by atoms with E-state index in [0.717, 1.165) is 36.2 Å². The second kappa shape index (κ2) is 7.07. The Balaban J connectivity index is 1.69. The van der Waals surface area contributed by atoms with E-state index in [1.807, 2.05) is 30.3 Å². The highest BCUT2D eigenvalue weighted by Gasteiger charge is 2.24. The van der Waals surface area contributed by atoms with E-state index in [-0.39, 0.29) is 5.91 Å². The number of para-hydroxylation sites is 1. The van der Waals surface area contributed by atoms with Crippen LogP contribution in [0.5, 0.6) is 0 Å². The summed E-state index contributed by atoms with van der Waals surface area (Å²) >= 11 is 0. The largest absolute Gasteiger partial charge is 0.465 e. The number of aryl methyl sites for hydroxylation is 1. The number of amides is 1. The SMILES string of the molecule is COC(=O)c1cccc(C(=O)Nc2c3c(nn2-c2ccccc2)CCC3)c1. The topological polar surface area (TPSA) is 73.2 Å². The van der Waals surface area contributed by atoms with E-state index in [1.54, 1.807) is 22.9 Å². The highest BCUT2D eigenvalue weighted by atomic mass is 16.5. The maximum Gasteiger partial charge on any atom is 0.337 e. The van der Waals surface area contributed by atoms with Crippen LogP contribution < -0.4 is 5.32 Å². The zero-order valence-corrected chi connectivity index (χ0v) is 14.9. The lowest BCUT2D eigenvalue weighted by Gasteiger charge is -2.11. The lowest BCUT2D eigenvalue weighted by Crippen LogP contribution is -2.17. The molecule has 0 unspecified atom stereocenters. The summed E-state index contributed by atoms with van der Waals surface area (Å²) in [4.78, 5) is 24.6. The molecular weight excluding hydrogens is 342 g/mol. The third-order valence-electron chi connectivity index (χ3n) is 4.69. The molecular formula is C21H19N3O3. The summed E-state index contributed by atoms with van der Waals surface area (Å²) < 4.78 is 6.51. The molecule has 3 aromatic rings. The Labute approximate surface area is 156 Å². The van der Waals surface area contributed by atoms with Gasteiger partial charge in [-0.15, -0.1) is 0 Å². The number of rotatable bonds is 4. The van der Waals surface area contributed by atoms with E-state index < -0.39 is 5.97 Å². The van der Waals surface area contributed by atoms with Crippen LogP contribution in [0.2, 0.25) is 0 Å². The highest BCUT2D eigenvalue weighted by molar-refractivity contribution is 6.05. The minimum atomic E-state index is -0.472. The Kier molecular flexibility index (Phi) is 4.46. The van der Waals surface area contributed by atoms with E-state index in [2.05, 4.69) is 5.32 Å².